The summed E-state index contributed by atoms with van der Waals surface area (Å²) in [7, 11) is 0. The van der Waals surface area contributed by atoms with Gasteiger partial charge < -0.3 is 4.90 Å². The lowest BCUT2D eigenvalue weighted by atomic mass is 10.2. The van der Waals surface area contributed by atoms with E-state index in [1.54, 1.807) is 0 Å². The first-order chi connectivity index (χ1) is 7.70. The van der Waals surface area contributed by atoms with Gasteiger partial charge in [0.05, 0.1) is 0 Å². The molecule has 0 heterocycles. The molecule has 0 atom stereocenters. The summed E-state index contributed by atoms with van der Waals surface area (Å²) >= 11 is 4.26. The highest BCUT2D eigenvalue weighted by Gasteiger charge is 2.26. The van der Waals surface area contributed by atoms with Gasteiger partial charge in [-0.15, -0.1) is 12.6 Å². The lowest BCUT2D eigenvalue weighted by Crippen LogP contribution is -2.32. The van der Waals surface area contributed by atoms with Crippen LogP contribution in [0.25, 0.3) is 0 Å². The predicted molar refractivity (Wildman–Crippen MR) is 68.0 cm³/mol. The van der Waals surface area contributed by atoms with Gasteiger partial charge in [0.1, 0.15) is 0 Å². The highest BCUT2D eigenvalue weighted by Crippen LogP contribution is 2.30. The molecule has 1 amide bonds. The van der Waals surface area contributed by atoms with Crippen LogP contribution in [0.4, 0.5) is 0 Å². The number of carbonyl (C=O) groups excluding carboxylic acids is 1. The zero-order valence-electron chi connectivity index (χ0n) is 9.52. The predicted octanol–water partition coefficient (Wildman–Crippen LogP) is 2.85. The van der Waals surface area contributed by atoms with Gasteiger partial charge in [-0.05, 0) is 43.9 Å². The van der Waals surface area contributed by atoms with Crippen LogP contribution in [0, 0.1) is 5.92 Å². The number of carbonyl (C=O) groups is 1. The topological polar surface area (TPSA) is 20.3 Å². The molecule has 1 aromatic carbocycles. The van der Waals surface area contributed by atoms with E-state index in [0.29, 0.717) is 0 Å². The Bertz CT molecular complexity index is 387. The Morgan fingerprint density at radius 3 is 2.81 bits per heavy atom. The molecule has 3 heteroatoms. The Hall–Kier alpha value is -0.960. The fourth-order valence-corrected chi connectivity index (χ4v) is 2.01. The maximum absolute atomic E-state index is 12.2. The molecule has 2 nitrogen and oxygen atoms in total. The van der Waals surface area contributed by atoms with Gasteiger partial charge in [0.15, 0.2) is 0 Å². The highest BCUT2D eigenvalue weighted by molar-refractivity contribution is 7.80. The fourth-order valence-electron chi connectivity index (χ4n) is 1.79. The second-order valence-corrected chi connectivity index (χ2v) is 4.85. The first kappa shape index (κ1) is 11.5. The highest BCUT2D eigenvalue weighted by atomic mass is 32.1. The molecule has 1 aromatic rings. The Balaban J connectivity index is 2.09. The van der Waals surface area contributed by atoms with Gasteiger partial charge in [-0.1, -0.05) is 6.07 Å². The molecule has 0 radical (unpaired) electrons. The molecule has 0 aromatic heterocycles. The molecule has 0 saturated heterocycles. The van der Waals surface area contributed by atoms with E-state index >= 15 is 0 Å². The van der Waals surface area contributed by atoms with Gasteiger partial charge in [0.25, 0.3) is 5.91 Å². The smallest absolute Gasteiger partial charge is 0.253 e. The molecule has 0 spiro atoms. The first-order valence-corrected chi connectivity index (χ1v) is 6.23. The Kier molecular flexibility index (Phi) is 3.54. The van der Waals surface area contributed by atoms with Crippen molar-refractivity contribution >= 4 is 18.5 Å². The van der Waals surface area contributed by atoms with Crippen LogP contribution in [0.1, 0.15) is 30.1 Å². The third kappa shape index (κ3) is 2.79. The van der Waals surface area contributed by atoms with Crippen molar-refractivity contribution in [3.8, 4) is 0 Å². The minimum Gasteiger partial charge on any atom is -0.339 e. The maximum Gasteiger partial charge on any atom is 0.253 e. The van der Waals surface area contributed by atoms with Gasteiger partial charge in [-0.3, -0.25) is 4.79 Å². The number of hydrogen-bond donors (Lipinski definition) is 1. The van der Waals surface area contributed by atoms with Crippen LogP contribution in [0.15, 0.2) is 29.2 Å². The molecule has 0 bridgehead atoms. The monoisotopic (exact) mass is 235 g/mol. The molecule has 0 N–H and O–H groups in total. The molecule has 1 saturated carbocycles. The lowest BCUT2D eigenvalue weighted by Gasteiger charge is -2.20. The molecular weight excluding hydrogens is 218 g/mol. The van der Waals surface area contributed by atoms with Crippen LogP contribution >= 0.6 is 12.6 Å². The van der Waals surface area contributed by atoms with E-state index in [0.717, 1.165) is 29.5 Å². The molecule has 1 fully saturated rings. The Labute approximate surface area is 102 Å². The van der Waals surface area contributed by atoms with Gasteiger partial charge in [-0.25, -0.2) is 0 Å². The van der Waals surface area contributed by atoms with Gasteiger partial charge in [0.2, 0.25) is 0 Å². The number of hydrogen-bond acceptors (Lipinski definition) is 2. The first-order valence-electron chi connectivity index (χ1n) is 5.79. The van der Waals surface area contributed by atoms with Crippen LogP contribution in [0.2, 0.25) is 0 Å². The molecule has 0 aliphatic heterocycles. The molecule has 1 aliphatic rings. The van der Waals surface area contributed by atoms with Crippen molar-refractivity contribution < 1.29 is 4.79 Å². The fraction of sp³-hybridized carbons (Fsp3) is 0.462. The number of rotatable bonds is 4. The van der Waals surface area contributed by atoms with Crippen molar-refractivity contribution in [2.75, 3.05) is 13.1 Å². The van der Waals surface area contributed by atoms with E-state index in [2.05, 4.69) is 12.6 Å². The van der Waals surface area contributed by atoms with Crippen molar-refractivity contribution in [3.63, 3.8) is 0 Å². The lowest BCUT2D eigenvalue weighted by molar-refractivity contribution is 0.0756. The van der Waals surface area contributed by atoms with Crippen LogP contribution in [0.5, 0.6) is 0 Å². The maximum atomic E-state index is 12.2. The standard InChI is InChI=1S/C13H17NOS/c1-2-14(9-10-6-7-10)13(15)11-4-3-5-12(16)8-11/h3-5,8,10,16H,2,6-7,9H2,1H3. The summed E-state index contributed by atoms with van der Waals surface area (Å²) in [5.41, 5.74) is 0.745. The largest absolute Gasteiger partial charge is 0.339 e. The zero-order valence-corrected chi connectivity index (χ0v) is 10.4. The third-order valence-corrected chi connectivity index (χ3v) is 3.22. The van der Waals surface area contributed by atoms with Crippen molar-refractivity contribution in [2.24, 2.45) is 5.92 Å². The Morgan fingerprint density at radius 1 is 1.50 bits per heavy atom. The summed E-state index contributed by atoms with van der Waals surface area (Å²) in [5.74, 6) is 0.869. The molecule has 16 heavy (non-hydrogen) atoms. The molecule has 1 aliphatic carbocycles. The summed E-state index contributed by atoms with van der Waals surface area (Å²) < 4.78 is 0. The number of nitrogens with zero attached hydrogens (tertiary/aromatic N) is 1. The van der Waals surface area contributed by atoms with Crippen LogP contribution in [-0.2, 0) is 0 Å². The van der Waals surface area contributed by atoms with Gasteiger partial charge in [0, 0.05) is 23.5 Å². The second kappa shape index (κ2) is 4.91. The summed E-state index contributed by atoms with van der Waals surface area (Å²) in [6.07, 6.45) is 2.55. The van der Waals surface area contributed by atoms with Gasteiger partial charge >= 0.3 is 0 Å². The minimum atomic E-state index is 0.130. The van der Waals surface area contributed by atoms with Crippen molar-refractivity contribution in [1.29, 1.82) is 0 Å². The quantitative estimate of drug-likeness (QED) is 0.796. The summed E-state index contributed by atoms with van der Waals surface area (Å²) in [4.78, 5) is 15.0. The van der Waals surface area contributed by atoms with E-state index in [1.165, 1.54) is 12.8 Å². The van der Waals surface area contributed by atoms with Crippen molar-refractivity contribution in [2.45, 2.75) is 24.7 Å². The third-order valence-electron chi connectivity index (χ3n) is 2.94. The summed E-state index contributed by atoms with van der Waals surface area (Å²) in [5, 5.41) is 0. The zero-order chi connectivity index (χ0) is 11.5. The SMILES string of the molecule is CCN(CC1CC1)C(=O)c1cccc(S)c1. The molecule has 86 valence electrons. The van der Waals surface area contributed by atoms with E-state index in [9.17, 15) is 4.79 Å². The normalized spacial score (nSPS) is 14.9. The average molecular weight is 235 g/mol. The van der Waals surface area contributed by atoms with Crippen molar-refractivity contribution in [1.82, 2.24) is 4.90 Å². The number of thiol groups is 1. The second-order valence-electron chi connectivity index (χ2n) is 4.34. The van der Waals surface area contributed by atoms with Crippen LogP contribution in [0.3, 0.4) is 0 Å². The number of amides is 1. The van der Waals surface area contributed by atoms with Crippen molar-refractivity contribution in [3.05, 3.63) is 29.8 Å². The van der Waals surface area contributed by atoms with Crippen LogP contribution < -0.4 is 0 Å². The molecule has 0 unspecified atom stereocenters. The minimum absolute atomic E-state index is 0.130. The summed E-state index contributed by atoms with van der Waals surface area (Å²) in [6, 6.07) is 7.45. The van der Waals surface area contributed by atoms with E-state index in [4.69, 9.17) is 0 Å². The Morgan fingerprint density at radius 2 is 2.25 bits per heavy atom. The average Bonchev–Trinajstić information content (AvgIpc) is 3.09. The van der Waals surface area contributed by atoms with E-state index < -0.39 is 0 Å². The van der Waals surface area contributed by atoms with E-state index in [1.807, 2.05) is 36.1 Å². The van der Waals surface area contributed by atoms with Crippen LogP contribution in [-0.4, -0.2) is 23.9 Å². The number of benzene rings is 1. The van der Waals surface area contributed by atoms with E-state index in [-0.39, 0.29) is 5.91 Å². The molecular formula is C13H17NOS. The molecule has 2 rings (SSSR count). The van der Waals surface area contributed by atoms with Gasteiger partial charge in [-0.2, -0.15) is 0 Å². The summed E-state index contributed by atoms with van der Waals surface area (Å²) in [6.45, 7) is 3.73.